The monoisotopic (exact) mass is 326 g/mol. The maximum absolute atomic E-state index is 13.4. The van der Waals surface area contributed by atoms with Gasteiger partial charge in [-0.15, -0.1) is 0 Å². The molecule has 1 aromatic carbocycles. The summed E-state index contributed by atoms with van der Waals surface area (Å²) in [6, 6.07) is 3.20. The number of benzene rings is 1. The fourth-order valence-electron chi connectivity index (χ4n) is 2.90. The smallest absolute Gasteiger partial charge is 0.222 e. The molecule has 2 rings (SSSR count). The topological polar surface area (TPSA) is 41.6 Å². The zero-order chi connectivity index (χ0) is 16.7. The number of likely N-dealkylation sites (tertiary alicyclic amines) is 1. The van der Waals surface area contributed by atoms with Crippen LogP contribution in [0.4, 0.5) is 8.78 Å². The SMILES string of the molecule is CNC[C@@H]1CCCN(C(=O)CCCOc2ccc(F)cc2F)C1. The van der Waals surface area contributed by atoms with Crippen molar-refractivity contribution in [3.63, 3.8) is 0 Å². The predicted octanol–water partition coefficient (Wildman–Crippen LogP) is 2.58. The van der Waals surface area contributed by atoms with E-state index in [1.165, 1.54) is 6.07 Å². The van der Waals surface area contributed by atoms with Gasteiger partial charge < -0.3 is 15.0 Å². The van der Waals surface area contributed by atoms with Crippen molar-refractivity contribution < 1.29 is 18.3 Å². The van der Waals surface area contributed by atoms with Crippen LogP contribution >= 0.6 is 0 Å². The minimum Gasteiger partial charge on any atom is -0.491 e. The highest BCUT2D eigenvalue weighted by atomic mass is 19.1. The molecule has 0 aromatic heterocycles. The second-order valence-corrected chi connectivity index (χ2v) is 5.93. The first-order chi connectivity index (χ1) is 11.1. The van der Waals surface area contributed by atoms with E-state index in [0.29, 0.717) is 18.8 Å². The summed E-state index contributed by atoms with van der Waals surface area (Å²) in [5.74, 6) is -0.698. The second kappa shape index (κ2) is 8.82. The van der Waals surface area contributed by atoms with Gasteiger partial charge in [0.2, 0.25) is 5.91 Å². The van der Waals surface area contributed by atoms with Crippen molar-refractivity contribution in [2.75, 3.05) is 33.3 Å². The van der Waals surface area contributed by atoms with Crippen LogP contribution in [0.15, 0.2) is 18.2 Å². The molecule has 1 saturated heterocycles. The minimum atomic E-state index is -0.720. The molecule has 1 fully saturated rings. The summed E-state index contributed by atoms with van der Waals surface area (Å²) in [7, 11) is 1.92. The average Bonchev–Trinajstić information content (AvgIpc) is 2.53. The maximum Gasteiger partial charge on any atom is 0.222 e. The van der Waals surface area contributed by atoms with Gasteiger partial charge in [-0.05, 0) is 50.9 Å². The molecular formula is C17H24F2N2O2. The molecule has 1 aromatic rings. The lowest BCUT2D eigenvalue weighted by Gasteiger charge is -2.32. The van der Waals surface area contributed by atoms with Crippen molar-refractivity contribution >= 4 is 5.91 Å². The Morgan fingerprint density at radius 1 is 1.43 bits per heavy atom. The van der Waals surface area contributed by atoms with E-state index in [1.807, 2.05) is 11.9 Å². The van der Waals surface area contributed by atoms with Crippen molar-refractivity contribution in [2.24, 2.45) is 5.92 Å². The van der Waals surface area contributed by atoms with Crippen molar-refractivity contribution in [1.82, 2.24) is 10.2 Å². The standard InChI is InChI=1S/C17H24F2N2O2/c1-20-11-13-4-2-8-21(12-13)17(22)5-3-9-23-16-7-6-14(18)10-15(16)19/h6-7,10,13,20H,2-5,8-9,11-12H2,1H3/t13-/m0/s1. The Morgan fingerprint density at radius 3 is 3.00 bits per heavy atom. The molecule has 1 N–H and O–H groups in total. The van der Waals surface area contributed by atoms with Gasteiger partial charge in [0.1, 0.15) is 5.82 Å². The van der Waals surface area contributed by atoms with E-state index in [4.69, 9.17) is 4.74 Å². The van der Waals surface area contributed by atoms with Crippen LogP contribution in [0, 0.1) is 17.6 Å². The Kier molecular flexibility index (Phi) is 6.77. The lowest BCUT2D eigenvalue weighted by atomic mass is 9.97. The van der Waals surface area contributed by atoms with Crippen LogP contribution in [0.1, 0.15) is 25.7 Å². The van der Waals surface area contributed by atoms with Gasteiger partial charge in [-0.2, -0.15) is 0 Å². The molecule has 23 heavy (non-hydrogen) atoms. The Hall–Kier alpha value is -1.69. The lowest BCUT2D eigenvalue weighted by molar-refractivity contribution is -0.133. The molecule has 0 spiro atoms. The number of carbonyl (C=O) groups excluding carboxylic acids is 1. The van der Waals surface area contributed by atoms with E-state index in [0.717, 1.165) is 44.6 Å². The van der Waals surface area contributed by atoms with Crippen LogP contribution < -0.4 is 10.1 Å². The van der Waals surface area contributed by atoms with E-state index in [-0.39, 0.29) is 18.3 Å². The molecule has 1 amide bonds. The normalized spacial score (nSPS) is 18.0. The largest absolute Gasteiger partial charge is 0.491 e. The van der Waals surface area contributed by atoms with Gasteiger partial charge in [-0.3, -0.25) is 4.79 Å². The molecule has 0 aliphatic carbocycles. The van der Waals surface area contributed by atoms with Gasteiger partial charge in [0, 0.05) is 25.6 Å². The molecule has 0 unspecified atom stereocenters. The van der Waals surface area contributed by atoms with Crippen LogP contribution in [0.3, 0.4) is 0 Å². The molecule has 1 atom stereocenters. The summed E-state index contributed by atoms with van der Waals surface area (Å²) in [6.07, 6.45) is 3.09. The summed E-state index contributed by atoms with van der Waals surface area (Å²) in [4.78, 5) is 14.1. The van der Waals surface area contributed by atoms with Crippen LogP contribution in [-0.4, -0.2) is 44.1 Å². The third kappa shape index (κ3) is 5.46. The number of ether oxygens (including phenoxy) is 1. The lowest BCUT2D eigenvalue weighted by Crippen LogP contribution is -2.42. The van der Waals surface area contributed by atoms with Gasteiger partial charge in [-0.25, -0.2) is 8.78 Å². The Labute approximate surface area is 135 Å². The molecule has 0 bridgehead atoms. The maximum atomic E-state index is 13.4. The van der Waals surface area contributed by atoms with E-state index >= 15 is 0 Å². The first kappa shape index (κ1) is 17.7. The first-order valence-electron chi connectivity index (χ1n) is 8.10. The molecule has 128 valence electrons. The first-order valence-corrected chi connectivity index (χ1v) is 8.10. The van der Waals surface area contributed by atoms with Crippen LogP contribution in [-0.2, 0) is 4.79 Å². The predicted molar refractivity (Wildman–Crippen MR) is 84.3 cm³/mol. The third-order valence-corrected chi connectivity index (χ3v) is 4.05. The van der Waals surface area contributed by atoms with E-state index in [1.54, 1.807) is 0 Å². The van der Waals surface area contributed by atoms with Gasteiger partial charge in [0.05, 0.1) is 6.61 Å². The third-order valence-electron chi connectivity index (χ3n) is 4.05. The highest BCUT2D eigenvalue weighted by Crippen LogP contribution is 2.19. The summed E-state index contributed by atoms with van der Waals surface area (Å²) in [5, 5.41) is 3.16. The number of rotatable bonds is 7. The quantitative estimate of drug-likeness (QED) is 0.783. The van der Waals surface area contributed by atoms with E-state index in [9.17, 15) is 13.6 Å². The van der Waals surface area contributed by atoms with Gasteiger partial charge in [0.25, 0.3) is 0 Å². The molecule has 1 heterocycles. The Morgan fingerprint density at radius 2 is 2.26 bits per heavy atom. The molecule has 0 radical (unpaired) electrons. The summed E-state index contributed by atoms with van der Waals surface area (Å²) < 4.78 is 31.4. The molecule has 1 aliphatic heterocycles. The Balaban J connectivity index is 1.70. The van der Waals surface area contributed by atoms with Crippen molar-refractivity contribution in [3.05, 3.63) is 29.8 Å². The molecular weight excluding hydrogens is 302 g/mol. The van der Waals surface area contributed by atoms with Gasteiger partial charge in [-0.1, -0.05) is 0 Å². The van der Waals surface area contributed by atoms with E-state index < -0.39 is 11.6 Å². The van der Waals surface area contributed by atoms with Gasteiger partial charge >= 0.3 is 0 Å². The molecule has 0 saturated carbocycles. The van der Waals surface area contributed by atoms with E-state index in [2.05, 4.69) is 5.32 Å². The van der Waals surface area contributed by atoms with Crippen molar-refractivity contribution in [3.8, 4) is 5.75 Å². The summed E-state index contributed by atoms with van der Waals surface area (Å²) in [5.41, 5.74) is 0. The van der Waals surface area contributed by atoms with Crippen molar-refractivity contribution in [1.29, 1.82) is 0 Å². The number of halogens is 2. The Bertz CT molecular complexity index is 523. The number of hydrogen-bond acceptors (Lipinski definition) is 3. The van der Waals surface area contributed by atoms with Crippen LogP contribution in [0.2, 0.25) is 0 Å². The minimum absolute atomic E-state index is 0.0194. The number of piperidine rings is 1. The van der Waals surface area contributed by atoms with Gasteiger partial charge in [0.15, 0.2) is 11.6 Å². The van der Waals surface area contributed by atoms with Crippen LogP contribution in [0.25, 0.3) is 0 Å². The number of nitrogens with zero attached hydrogens (tertiary/aromatic N) is 1. The molecule has 6 heteroatoms. The highest BCUT2D eigenvalue weighted by Gasteiger charge is 2.22. The molecule has 4 nitrogen and oxygen atoms in total. The highest BCUT2D eigenvalue weighted by molar-refractivity contribution is 5.76. The number of amides is 1. The van der Waals surface area contributed by atoms with Crippen molar-refractivity contribution in [2.45, 2.75) is 25.7 Å². The fourth-order valence-corrected chi connectivity index (χ4v) is 2.90. The summed E-state index contributed by atoms with van der Waals surface area (Å²) in [6.45, 7) is 2.78. The summed E-state index contributed by atoms with van der Waals surface area (Å²) >= 11 is 0. The second-order valence-electron chi connectivity index (χ2n) is 5.93. The number of carbonyl (C=O) groups is 1. The van der Waals surface area contributed by atoms with Crippen LogP contribution in [0.5, 0.6) is 5.75 Å². The fraction of sp³-hybridized carbons (Fsp3) is 0.588. The molecule has 1 aliphatic rings. The average molecular weight is 326 g/mol. The zero-order valence-corrected chi connectivity index (χ0v) is 13.5. The number of nitrogens with one attached hydrogen (secondary N) is 1. The zero-order valence-electron chi connectivity index (χ0n) is 13.5. The number of hydrogen-bond donors (Lipinski definition) is 1.